The highest BCUT2D eigenvalue weighted by molar-refractivity contribution is 6.30. The molecule has 0 fully saturated rings. The number of rotatable bonds is 2. The first-order valence-electron chi connectivity index (χ1n) is 4.79. The van der Waals surface area contributed by atoms with E-state index >= 15 is 0 Å². The van der Waals surface area contributed by atoms with Gasteiger partial charge in [-0.2, -0.15) is 0 Å². The van der Waals surface area contributed by atoms with E-state index in [1.165, 1.54) is 12.1 Å². The van der Waals surface area contributed by atoms with E-state index in [9.17, 15) is 4.39 Å². The van der Waals surface area contributed by atoms with Crippen LogP contribution in [0.15, 0.2) is 53.5 Å². The molecule has 0 heterocycles. The second-order valence-electron chi connectivity index (χ2n) is 3.29. The first-order valence-corrected chi connectivity index (χ1v) is 5.17. The Bertz CT molecular complexity index is 506. The molecular weight excluding hydrogens is 225 g/mol. The number of benzene rings is 2. The number of nitrogens with zero attached hydrogens (tertiary/aromatic N) is 1. The zero-order valence-corrected chi connectivity index (χ0v) is 9.16. The molecule has 0 aromatic heterocycles. The van der Waals surface area contributed by atoms with E-state index in [0.717, 1.165) is 11.3 Å². The van der Waals surface area contributed by atoms with Crippen LogP contribution in [0.1, 0.15) is 5.56 Å². The summed E-state index contributed by atoms with van der Waals surface area (Å²) in [6.07, 6.45) is 1.67. The molecular formula is C13H9ClFN. The molecule has 80 valence electrons. The normalized spacial score (nSPS) is 10.9. The lowest BCUT2D eigenvalue weighted by molar-refractivity contribution is 0.628. The van der Waals surface area contributed by atoms with Gasteiger partial charge in [-0.15, -0.1) is 0 Å². The summed E-state index contributed by atoms with van der Waals surface area (Å²) in [5.74, 6) is -0.250. The summed E-state index contributed by atoms with van der Waals surface area (Å²) in [5, 5.41) is 0.647. The smallest absolute Gasteiger partial charge is 0.123 e. The Morgan fingerprint density at radius 1 is 1.06 bits per heavy atom. The highest BCUT2D eigenvalue weighted by Crippen LogP contribution is 2.17. The summed E-state index contributed by atoms with van der Waals surface area (Å²) in [7, 11) is 0. The van der Waals surface area contributed by atoms with E-state index in [0.29, 0.717) is 5.02 Å². The average Bonchev–Trinajstić information content (AvgIpc) is 2.28. The fraction of sp³-hybridized carbons (Fsp3) is 0. The molecule has 0 atom stereocenters. The molecule has 0 aliphatic rings. The molecule has 0 N–H and O–H groups in total. The van der Waals surface area contributed by atoms with Gasteiger partial charge in [-0.3, -0.25) is 4.99 Å². The van der Waals surface area contributed by atoms with Crippen molar-refractivity contribution in [2.45, 2.75) is 0 Å². The molecule has 0 aliphatic carbocycles. The van der Waals surface area contributed by atoms with Crippen LogP contribution in [0.4, 0.5) is 10.1 Å². The summed E-state index contributed by atoms with van der Waals surface area (Å²) in [4.78, 5) is 4.24. The van der Waals surface area contributed by atoms with E-state index in [1.54, 1.807) is 30.5 Å². The Hall–Kier alpha value is -1.67. The number of hydrogen-bond acceptors (Lipinski definition) is 1. The Kier molecular flexibility index (Phi) is 3.32. The van der Waals surface area contributed by atoms with Gasteiger partial charge in [-0.1, -0.05) is 29.8 Å². The van der Waals surface area contributed by atoms with Crippen molar-refractivity contribution in [3.8, 4) is 0 Å². The summed E-state index contributed by atoms with van der Waals surface area (Å²) in [5.41, 5.74) is 1.62. The third-order valence-corrected chi connectivity index (χ3v) is 2.28. The molecule has 0 radical (unpaired) electrons. The molecule has 2 aromatic rings. The second kappa shape index (κ2) is 4.90. The maximum atomic E-state index is 12.6. The van der Waals surface area contributed by atoms with Crippen molar-refractivity contribution in [3.63, 3.8) is 0 Å². The van der Waals surface area contributed by atoms with Crippen LogP contribution in [0.25, 0.3) is 0 Å². The highest BCUT2D eigenvalue weighted by Gasteiger charge is 1.92. The maximum absolute atomic E-state index is 12.6. The predicted octanol–water partition coefficient (Wildman–Crippen LogP) is 4.23. The summed E-state index contributed by atoms with van der Waals surface area (Å²) in [6.45, 7) is 0. The number of hydrogen-bond donors (Lipinski definition) is 0. The van der Waals surface area contributed by atoms with E-state index in [-0.39, 0.29) is 5.82 Å². The number of aliphatic imine (C=N–C) groups is 1. The molecule has 3 heteroatoms. The molecule has 0 unspecified atom stereocenters. The first-order chi connectivity index (χ1) is 7.74. The fourth-order valence-corrected chi connectivity index (χ4v) is 1.44. The van der Waals surface area contributed by atoms with E-state index in [2.05, 4.69) is 4.99 Å². The van der Waals surface area contributed by atoms with Crippen LogP contribution in [0, 0.1) is 5.82 Å². The van der Waals surface area contributed by atoms with Gasteiger partial charge in [0.1, 0.15) is 5.82 Å². The van der Waals surface area contributed by atoms with Gasteiger partial charge in [0.15, 0.2) is 0 Å². The minimum atomic E-state index is -0.250. The van der Waals surface area contributed by atoms with Crippen molar-refractivity contribution in [1.82, 2.24) is 0 Å². The quantitative estimate of drug-likeness (QED) is 0.689. The Morgan fingerprint density at radius 3 is 2.50 bits per heavy atom. The van der Waals surface area contributed by atoms with E-state index < -0.39 is 0 Å². The Morgan fingerprint density at radius 2 is 1.81 bits per heavy atom. The van der Waals surface area contributed by atoms with Crippen LogP contribution in [0.5, 0.6) is 0 Å². The van der Waals surface area contributed by atoms with Gasteiger partial charge in [0.2, 0.25) is 0 Å². The van der Waals surface area contributed by atoms with Crippen LogP contribution in [0.3, 0.4) is 0 Å². The largest absolute Gasteiger partial charge is 0.256 e. The van der Waals surface area contributed by atoms with Crippen LogP contribution in [-0.2, 0) is 0 Å². The monoisotopic (exact) mass is 233 g/mol. The van der Waals surface area contributed by atoms with Gasteiger partial charge in [-0.25, -0.2) is 4.39 Å². The highest BCUT2D eigenvalue weighted by atomic mass is 35.5. The summed E-state index contributed by atoms with van der Waals surface area (Å²) in [6, 6.07) is 13.4. The molecule has 0 spiro atoms. The van der Waals surface area contributed by atoms with Gasteiger partial charge in [0, 0.05) is 11.2 Å². The van der Waals surface area contributed by atoms with Crippen molar-refractivity contribution in [2.24, 2.45) is 4.99 Å². The van der Waals surface area contributed by atoms with Gasteiger partial charge in [0.25, 0.3) is 0 Å². The van der Waals surface area contributed by atoms with Crippen LogP contribution < -0.4 is 0 Å². The minimum absolute atomic E-state index is 0.250. The van der Waals surface area contributed by atoms with Gasteiger partial charge in [0.05, 0.1) is 5.69 Å². The topological polar surface area (TPSA) is 12.4 Å². The Labute approximate surface area is 98.2 Å². The van der Waals surface area contributed by atoms with Crippen molar-refractivity contribution in [2.75, 3.05) is 0 Å². The van der Waals surface area contributed by atoms with E-state index in [4.69, 9.17) is 11.6 Å². The van der Waals surface area contributed by atoms with Crippen molar-refractivity contribution in [1.29, 1.82) is 0 Å². The molecule has 0 bridgehead atoms. The first kappa shape index (κ1) is 10.8. The van der Waals surface area contributed by atoms with Crippen LogP contribution >= 0.6 is 11.6 Å². The third-order valence-electron chi connectivity index (χ3n) is 2.04. The molecule has 1 nitrogen and oxygen atoms in total. The lowest BCUT2D eigenvalue weighted by Crippen LogP contribution is -1.80. The predicted molar refractivity (Wildman–Crippen MR) is 65.1 cm³/mol. The molecule has 0 saturated heterocycles. The molecule has 0 saturated carbocycles. The SMILES string of the molecule is Fc1ccc(C=Nc2cccc(Cl)c2)cc1. The average molecular weight is 234 g/mol. The summed E-state index contributed by atoms with van der Waals surface area (Å²) >= 11 is 5.82. The van der Waals surface area contributed by atoms with Crippen LogP contribution in [0.2, 0.25) is 5.02 Å². The third kappa shape index (κ3) is 2.91. The van der Waals surface area contributed by atoms with Gasteiger partial charge >= 0.3 is 0 Å². The zero-order chi connectivity index (χ0) is 11.4. The van der Waals surface area contributed by atoms with Crippen LogP contribution in [-0.4, -0.2) is 6.21 Å². The Balaban J connectivity index is 2.18. The molecule has 16 heavy (non-hydrogen) atoms. The molecule has 0 amide bonds. The lowest BCUT2D eigenvalue weighted by atomic mass is 10.2. The van der Waals surface area contributed by atoms with Gasteiger partial charge in [-0.05, 0) is 35.9 Å². The van der Waals surface area contributed by atoms with Crippen molar-refractivity contribution in [3.05, 3.63) is 64.9 Å². The molecule has 2 aromatic carbocycles. The second-order valence-corrected chi connectivity index (χ2v) is 3.73. The minimum Gasteiger partial charge on any atom is -0.256 e. The van der Waals surface area contributed by atoms with E-state index in [1.807, 2.05) is 12.1 Å². The fourth-order valence-electron chi connectivity index (χ4n) is 1.25. The number of halogens is 2. The maximum Gasteiger partial charge on any atom is 0.123 e. The van der Waals surface area contributed by atoms with Gasteiger partial charge < -0.3 is 0 Å². The zero-order valence-electron chi connectivity index (χ0n) is 8.40. The van der Waals surface area contributed by atoms with Crippen molar-refractivity contribution < 1.29 is 4.39 Å². The summed E-state index contributed by atoms with van der Waals surface area (Å²) < 4.78 is 12.6. The lowest BCUT2D eigenvalue weighted by Gasteiger charge is -1.95. The van der Waals surface area contributed by atoms with Crippen molar-refractivity contribution >= 4 is 23.5 Å². The standard InChI is InChI=1S/C13H9ClFN/c14-11-2-1-3-13(8-11)16-9-10-4-6-12(15)7-5-10/h1-9H. The molecule has 0 aliphatic heterocycles. The molecule has 2 rings (SSSR count).